The Bertz CT molecular complexity index is 745. The minimum absolute atomic E-state index is 0.0747. The molecule has 2 fully saturated rings. The number of ether oxygens (including phenoxy) is 2. The van der Waals surface area contributed by atoms with Crippen molar-refractivity contribution in [2.75, 3.05) is 34.4 Å². The van der Waals surface area contributed by atoms with Crippen LogP contribution in [-0.4, -0.2) is 56.8 Å². The number of fused-ring (bicyclic) bond motifs is 2. The second-order valence-electron chi connectivity index (χ2n) is 9.04. The van der Waals surface area contributed by atoms with Gasteiger partial charge >= 0.3 is 0 Å². The second kappa shape index (κ2) is 8.27. The van der Waals surface area contributed by atoms with Crippen LogP contribution >= 0.6 is 0 Å². The van der Waals surface area contributed by atoms with Gasteiger partial charge < -0.3 is 19.7 Å². The first kappa shape index (κ1) is 20.7. The van der Waals surface area contributed by atoms with E-state index in [1.165, 1.54) is 16.7 Å². The van der Waals surface area contributed by atoms with Gasteiger partial charge in [-0.15, -0.1) is 0 Å². The van der Waals surface area contributed by atoms with Crippen LogP contribution in [0.1, 0.15) is 51.9 Å². The van der Waals surface area contributed by atoms with E-state index >= 15 is 0 Å². The number of rotatable bonds is 3. The molecule has 1 N–H and O–H groups in total. The highest BCUT2D eigenvalue weighted by atomic mass is 16.5. The fraction of sp³-hybridized carbons (Fsp3) is 0.708. The van der Waals surface area contributed by atoms with Gasteiger partial charge in [0, 0.05) is 32.1 Å². The average Bonchev–Trinajstić information content (AvgIpc) is 2.97. The Labute approximate surface area is 175 Å². The molecule has 5 nitrogen and oxygen atoms in total. The van der Waals surface area contributed by atoms with Gasteiger partial charge in [-0.05, 0) is 69.2 Å². The molecular weight excluding hydrogens is 364 g/mol. The van der Waals surface area contributed by atoms with Crippen LogP contribution in [0.25, 0.3) is 0 Å². The van der Waals surface area contributed by atoms with Crippen molar-refractivity contribution in [1.29, 1.82) is 0 Å². The first-order chi connectivity index (χ1) is 14.0. The minimum Gasteiger partial charge on any atom is -0.497 e. The number of nitrogens with zero attached hydrogens (tertiary/aromatic N) is 1. The van der Waals surface area contributed by atoms with Crippen molar-refractivity contribution in [3.63, 3.8) is 0 Å². The summed E-state index contributed by atoms with van der Waals surface area (Å²) in [6, 6.07) is 0. The normalized spacial score (nSPS) is 32.1. The number of piperidine rings is 1. The Morgan fingerprint density at radius 2 is 1.97 bits per heavy atom. The zero-order valence-corrected chi connectivity index (χ0v) is 18.4. The lowest BCUT2D eigenvalue weighted by Gasteiger charge is -2.47. The van der Waals surface area contributed by atoms with Crippen molar-refractivity contribution in [3.05, 3.63) is 34.6 Å². The number of methoxy groups -OCH3 is 2. The molecule has 2 aliphatic carbocycles. The van der Waals surface area contributed by atoms with Crippen molar-refractivity contribution >= 4 is 5.91 Å². The molecule has 5 heteroatoms. The Morgan fingerprint density at radius 1 is 1.21 bits per heavy atom. The topological polar surface area (TPSA) is 50.8 Å². The van der Waals surface area contributed by atoms with Crippen LogP contribution in [0.5, 0.6) is 0 Å². The maximum absolute atomic E-state index is 13.0. The smallest absolute Gasteiger partial charge is 0.223 e. The molecule has 0 radical (unpaired) electrons. The molecule has 2 unspecified atom stereocenters. The number of nitrogens with one attached hydrogen (secondary N) is 1. The Kier molecular flexibility index (Phi) is 5.90. The molecule has 0 saturated carbocycles. The van der Waals surface area contributed by atoms with E-state index in [1.807, 2.05) is 7.05 Å². The van der Waals surface area contributed by atoms with Crippen LogP contribution < -0.4 is 5.32 Å². The number of hydrogen-bond donors (Lipinski definition) is 1. The minimum atomic E-state index is -0.136. The van der Waals surface area contributed by atoms with E-state index in [1.54, 1.807) is 14.2 Å². The quantitative estimate of drug-likeness (QED) is 0.736. The van der Waals surface area contributed by atoms with E-state index in [0.717, 1.165) is 57.4 Å². The maximum Gasteiger partial charge on any atom is 0.223 e. The highest BCUT2D eigenvalue weighted by molar-refractivity contribution is 5.78. The lowest BCUT2D eigenvalue weighted by Crippen LogP contribution is -2.56. The van der Waals surface area contributed by atoms with E-state index in [4.69, 9.17) is 9.47 Å². The molecule has 2 heterocycles. The Balaban J connectivity index is 1.82. The van der Waals surface area contributed by atoms with Gasteiger partial charge in [-0.25, -0.2) is 0 Å². The molecule has 0 aromatic carbocycles. The fourth-order valence-electron chi connectivity index (χ4n) is 6.13. The van der Waals surface area contributed by atoms with Gasteiger partial charge in [0.15, 0.2) is 0 Å². The summed E-state index contributed by atoms with van der Waals surface area (Å²) in [4.78, 5) is 15.1. The van der Waals surface area contributed by atoms with Crippen molar-refractivity contribution in [2.45, 2.75) is 63.5 Å². The van der Waals surface area contributed by atoms with Gasteiger partial charge in [0.25, 0.3) is 0 Å². The van der Waals surface area contributed by atoms with Gasteiger partial charge in [0.05, 0.1) is 18.8 Å². The molecular formula is C24H36N2O3. The first-order valence-corrected chi connectivity index (χ1v) is 11.2. The standard InChI is InChI=1S/C24H36N2O3/c1-5-16-14-20-17(12-18-13-19(28-3)15-21(29-4)23(16)18)6-7-22(27)26(2)24(20)8-10-25-11-9-24/h14-17,19,25H,5-13H2,1-4H3/t16?,17-,19?/m1/s1. The first-order valence-electron chi connectivity index (χ1n) is 11.2. The van der Waals surface area contributed by atoms with E-state index in [2.05, 4.69) is 29.3 Å². The lowest BCUT2D eigenvalue weighted by molar-refractivity contribution is -0.134. The molecule has 0 bridgehead atoms. The monoisotopic (exact) mass is 400 g/mol. The summed E-state index contributed by atoms with van der Waals surface area (Å²) in [5, 5.41) is 3.51. The molecule has 2 saturated heterocycles. The number of allylic oxidation sites excluding steroid dienone is 2. The van der Waals surface area contributed by atoms with Crippen LogP contribution in [0.15, 0.2) is 34.6 Å². The van der Waals surface area contributed by atoms with Gasteiger partial charge in [-0.1, -0.05) is 18.6 Å². The Morgan fingerprint density at radius 3 is 2.62 bits per heavy atom. The second-order valence-corrected chi connectivity index (χ2v) is 9.04. The predicted molar refractivity (Wildman–Crippen MR) is 114 cm³/mol. The van der Waals surface area contributed by atoms with Crippen molar-refractivity contribution in [1.82, 2.24) is 10.2 Å². The van der Waals surface area contributed by atoms with Gasteiger partial charge in [0.2, 0.25) is 5.91 Å². The molecule has 0 aromatic rings. The highest BCUT2D eigenvalue weighted by Gasteiger charge is 2.48. The summed E-state index contributed by atoms with van der Waals surface area (Å²) in [6.45, 7) is 4.21. The van der Waals surface area contributed by atoms with Crippen LogP contribution in [0, 0.1) is 11.8 Å². The van der Waals surface area contributed by atoms with Gasteiger partial charge in [0.1, 0.15) is 5.76 Å². The number of amides is 1. The van der Waals surface area contributed by atoms with E-state index in [9.17, 15) is 4.79 Å². The number of carbonyl (C=O) groups excluding carboxylic acids is 1. The summed E-state index contributed by atoms with van der Waals surface area (Å²) in [7, 11) is 5.59. The molecule has 1 spiro atoms. The van der Waals surface area contributed by atoms with E-state index < -0.39 is 0 Å². The largest absolute Gasteiger partial charge is 0.497 e. The molecule has 1 amide bonds. The molecule has 2 aliphatic heterocycles. The summed E-state index contributed by atoms with van der Waals surface area (Å²) in [6.07, 6.45) is 11.4. The van der Waals surface area contributed by atoms with Crippen molar-refractivity contribution < 1.29 is 14.3 Å². The molecule has 29 heavy (non-hydrogen) atoms. The number of likely N-dealkylation sites (tertiary alicyclic amines) is 1. The highest BCUT2D eigenvalue weighted by Crippen LogP contribution is 2.49. The van der Waals surface area contributed by atoms with E-state index in [-0.39, 0.29) is 11.6 Å². The summed E-state index contributed by atoms with van der Waals surface area (Å²) < 4.78 is 11.6. The third-order valence-corrected chi connectivity index (χ3v) is 7.77. The maximum atomic E-state index is 13.0. The van der Waals surface area contributed by atoms with Crippen LogP contribution in [-0.2, 0) is 14.3 Å². The summed E-state index contributed by atoms with van der Waals surface area (Å²) in [5.41, 5.74) is 4.23. The third kappa shape index (κ3) is 3.46. The van der Waals surface area contributed by atoms with Crippen LogP contribution in [0.2, 0.25) is 0 Å². The molecule has 0 aromatic heterocycles. The SMILES string of the molecule is CCC1C=C2[C@H](CCC(=O)N(C)C23CCNCC3)CC2=C1C(OC)=CC(OC)C2. The fourth-order valence-corrected chi connectivity index (χ4v) is 6.13. The van der Waals surface area contributed by atoms with Crippen LogP contribution in [0.4, 0.5) is 0 Å². The van der Waals surface area contributed by atoms with Gasteiger partial charge in [-0.3, -0.25) is 4.79 Å². The molecule has 4 rings (SSSR count). The van der Waals surface area contributed by atoms with Crippen LogP contribution in [0.3, 0.4) is 0 Å². The van der Waals surface area contributed by atoms with E-state index in [0.29, 0.717) is 24.2 Å². The number of hydrogen-bond acceptors (Lipinski definition) is 4. The number of likely N-dealkylation sites (N-methyl/N-ethyl adjacent to an activating group) is 1. The summed E-state index contributed by atoms with van der Waals surface area (Å²) in [5.74, 6) is 2.06. The Hall–Kier alpha value is -1.59. The zero-order valence-electron chi connectivity index (χ0n) is 18.4. The molecule has 3 atom stereocenters. The number of carbonyl (C=O) groups is 1. The zero-order chi connectivity index (χ0) is 20.6. The van der Waals surface area contributed by atoms with Crippen molar-refractivity contribution in [2.24, 2.45) is 11.8 Å². The third-order valence-electron chi connectivity index (χ3n) is 7.77. The van der Waals surface area contributed by atoms with Crippen molar-refractivity contribution in [3.8, 4) is 0 Å². The molecule has 4 aliphatic rings. The molecule has 160 valence electrons. The predicted octanol–water partition coefficient (Wildman–Crippen LogP) is 3.58. The van der Waals surface area contributed by atoms with Gasteiger partial charge in [-0.2, -0.15) is 0 Å². The average molecular weight is 401 g/mol. The summed E-state index contributed by atoms with van der Waals surface area (Å²) >= 11 is 0. The lowest BCUT2D eigenvalue weighted by atomic mass is 9.72.